The van der Waals surface area contributed by atoms with Crippen LogP contribution in [0.25, 0.3) is 0 Å². The molecule has 0 unspecified atom stereocenters. The molecule has 5 atom stereocenters. The summed E-state index contributed by atoms with van der Waals surface area (Å²) in [4.78, 5) is 10.2. The van der Waals surface area contributed by atoms with Crippen molar-refractivity contribution >= 4 is 5.69 Å². The van der Waals surface area contributed by atoms with Crippen LogP contribution in [0.2, 0.25) is 0 Å². The summed E-state index contributed by atoms with van der Waals surface area (Å²) in [5.74, 6) is -2.04. The van der Waals surface area contributed by atoms with E-state index >= 15 is 0 Å². The van der Waals surface area contributed by atoms with Crippen LogP contribution in [0.5, 0.6) is 0 Å². The van der Waals surface area contributed by atoms with Crippen LogP contribution in [0.3, 0.4) is 0 Å². The Balaban J connectivity index is 2.44. The summed E-state index contributed by atoms with van der Waals surface area (Å²) in [6.07, 6.45) is -4.39. The van der Waals surface area contributed by atoms with Gasteiger partial charge in [0, 0.05) is 31.9 Å². The quantitative estimate of drug-likeness (QED) is 0.487. The molecule has 1 aliphatic rings. The third-order valence-electron chi connectivity index (χ3n) is 3.93. The molecular formula is C14H19NO8. The summed E-state index contributed by atoms with van der Waals surface area (Å²) >= 11 is 0. The lowest BCUT2D eigenvalue weighted by Crippen LogP contribution is -2.64. The first-order chi connectivity index (χ1) is 10.9. The van der Waals surface area contributed by atoms with E-state index in [0.717, 1.165) is 0 Å². The third-order valence-corrected chi connectivity index (χ3v) is 3.93. The van der Waals surface area contributed by atoms with Crippen LogP contribution >= 0.6 is 0 Å². The number of nitrogens with zero attached hydrogens (tertiary/aromatic N) is 1. The molecule has 23 heavy (non-hydrogen) atoms. The van der Waals surface area contributed by atoms with Crippen molar-refractivity contribution in [1.29, 1.82) is 0 Å². The van der Waals surface area contributed by atoms with E-state index in [1.807, 2.05) is 0 Å². The second-order valence-corrected chi connectivity index (χ2v) is 5.19. The summed E-state index contributed by atoms with van der Waals surface area (Å²) < 4.78 is 15.9. The Morgan fingerprint density at radius 1 is 1.30 bits per heavy atom. The van der Waals surface area contributed by atoms with E-state index in [1.54, 1.807) is 0 Å². The van der Waals surface area contributed by atoms with Crippen LogP contribution in [0, 0.1) is 10.1 Å². The second-order valence-electron chi connectivity index (χ2n) is 5.19. The zero-order valence-electron chi connectivity index (χ0n) is 12.7. The van der Waals surface area contributed by atoms with Crippen molar-refractivity contribution in [3.8, 4) is 0 Å². The van der Waals surface area contributed by atoms with Gasteiger partial charge in [0.05, 0.1) is 11.5 Å². The van der Waals surface area contributed by atoms with Crippen molar-refractivity contribution in [2.45, 2.75) is 30.2 Å². The zero-order valence-corrected chi connectivity index (χ0v) is 12.7. The maximum atomic E-state index is 10.9. The lowest BCUT2D eigenvalue weighted by molar-refractivity contribution is -0.385. The van der Waals surface area contributed by atoms with E-state index in [2.05, 4.69) is 0 Å². The van der Waals surface area contributed by atoms with Crippen LogP contribution in [0.15, 0.2) is 24.3 Å². The average molecular weight is 329 g/mol. The number of methoxy groups -OCH3 is 2. The van der Waals surface area contributed by atoms with Crippen molar-refractivity contribution in [2.75, 3.05) is 20.8 Å². The smallest absolute Gasteiger partial charge is 0.269 e. The minimum absolute atomic E-state index is 0.149. The van der Waals surface area contributed by atoms with Gasteiger partial charge in [-0.05, 0) is 12.1 Å². The highest BCUT2D eigenvalue weighted by molar-refractivity contribution is 5.35. The molecule has 1 heterocycles. The van der Waals surface area contributed by atoms with Gasteiger partial charge < -0.3 is 29.5 Å². The summed E-state index contributed by atoms with van der Waals surface area (Å²) in [5, 5.41) is 41.1. The first-order valence-electron chi connectivity index (χ1n) is 6.88. The van der Waals surface area contributed by atoms with Crippen LogP contribution in [0.1, 0.15) is 5.56 Å². The number of benzene rings is 1. The molecule has 1 fully saturated rings. The summed E-state index contributed by atoms with van der Waals surface area (Å²) in [6.45, 7) is -0.549. The molecule has 0 aromatic heterocycles. The topological polar surface area (TPSA) is 132 Å². The molecule has 0 aliphatic carbocycles. The van der Waals surface area contributed by atoms with Gasteiger partial charge in [0.2, 0.25) is 5.79 Å². The number of aliphatic hydroxyl groups excluding tert-OH is 2. The normalized spacial score (nSPS) is 34.3. The molecule has 0 amide bonds. The van der Waals surface area contributed by atoms with Crippen LogP contribution in [0.4, 0.5) is 5.69 Å². The van der Waals surface area contributed by atoms with Gasteiger partial charge in [0.1, 0.15) is 24.4 Å². The van der Waals surface area contributed by atoms with E-state index in [9.17, 15) is 25.4 Å². The van der Waals surface area contributed by atoms with Crippen molar-refractivity contribution in [3.63, 3.8) is 0 Å². The summed E-state index contributed by atoms with van der Waals surface area (Å²) in [7, 11) is 2.64. The molecule has 1 aliphatic heterocycles. The lowest BCUT2D eigenvalue weighted by atomic mass is 9.88. The van der Waals surface area contributed by atoms with E-state index < -0.39 is 41.7 Å². The number of aliphatic hydroxyl groups is 3. The molecule has 3 N–H and O–H groups in total. The Morgan fingerprint density at radius 2 is 1.91 bits per heavy atom. The minimum Gasteiger partial charge on any atom is -0.394 e. The Labute approximate surface area is 132 Å². The van der Waals surface area contributed by atoms with E-state index in [0.29, 0.717) is 0 Å². The third kappa shape index (κ3) is 3.07. The van der Waals surface area contributed by atoms with Crippen LogP contribution in [-0.4, -0.2) is 65.5 Å². The Bertz CT molecular complexity index is 550. The molecular weight excluding hydrogens is 310 g/mol. The predicted octanol–water partition coefficient (Wildman–Crippen LogP) is -0.478. The van der Waals surface area contributed by atoms with Crippen molar-refractivity contribution in [1.82, 2.24) is 0 Å². The van der Waals surface area contributed by atoms with Gasteiger partial charge in [-0.1, -0.05) is 0 Å². The number of rotatable bonds is 5. The first kappa shape index (κ1) is 17.7. The zero-order chi connectivity index (χ0) is 17.2. The van der Waals surface area contributed by atoms with Gasteiger partial charge in [-0.3, -0.25) is 10.1 Å². The molecule has 128 valence electrons. The van der Waals surface area contributed by atoms with Gasteiger partial charge in [0.25, 0.3) is 5.69 Å². The lowest BCUT2D eigenvalue weighted by Gasteiger charge is -2.48. The van der Waals surface area contributed by atoms with E-state index in [1.165, 1.54) is 38.5 Å². The minimum atomic E-state index is -2.04. The number of non-ortho nitro benzene ring substituents is 1. The fourth-order valence-corrected chi connectivity index (χ4v) is 2.74. The number of hydrogen-bond donors (Lipinski definition) is 3. The maximum absolute atomic E-state index is 10.9. The Morgan fingerprint density at radius 3 is 2.35 bits per heavy atom. The molecule has 9 heteroatoms. The van der Waals surface area contributed by atoms with Crippen molar-refractivity contribution < 1.29 is 34.5 Å². The number of hydrogen-bond acceptors (Lipinski definition) is 8. The maximum Gasteiger partial charge on any atom is 0.269 e. The Hall–Kier alpha value is -1.62. The highest BCUT2D eigenvalue weighted by Gasteiger charge is 2.55. The van der Waals surface area contributed by atoms with Gasteiger partial charge in [-0.15, -0.1) is 0 Å². The molecule has 1 aromatic rings. The van der Waals surface area contributed by atoms with E-state index in [4.69, 9.17) is 14.2 Å². The number of nitro benzene ring substituents is 1. The molecule has 1 aromatic carbocycles. The predicted molar refractivity (Wildman–Crippen MR) is 76.6 cm³/mol. The first-order valence-corrected chi connectivity index (χ1v) is 6.88. The average Bonchev–Trinajstić information content (AvgIpc) is 2.56. The SMILES string of the molecule is CO[C@H]1[C@@H](O)[C@@H](CO)O[C@](O)(c2ccc([N+](=O)[O-])cc2)[C@@H]1OC. The molecule has 0 saturated carbocycles. The highest BCUT2D eigenvalue weighted by atomic mass is 16.7. The van der Waals surface area contributed by atoms with Crippen molar-refractivity contribution in [3.05, 3.63) is 39.9 Å². The largest absolute Gasteiger partial charge is 0.394 e. The second kappa shape index (κ2) is 6.87. The van der Waals surface area contributed by atoms with Gasteiger partial charge in [-0.25, -0.2) is 0 Å². The molecule has 2 rings (SSSR count). The molecule has 0 radical (unpaired) electrons. The highest BCUT2D eigenvalue weighted by Crippen LogP contribution is 2.39. The fraction of sp³-hybridized carbons (Fsp3) is 0.571. The Kier molecular flexibility index (Phi) is 5.30. The fourth-order valence-electron chi connectivity index (χ4n) is 2.74. The number of nitro groups is 1. The van der Waals surface area contributed by atoms with Gasteiger partial charge >= 0.3 is 0 Å². The van der Waals surface area contributed by atoms with Gasteiger partial charge in [0.15, 0.2) is 0 Å². The van der Waals surface area contributed by atoms with Crippen molar-refractivity contribution in [2.24, 2.45) is 0 Å². The van der Waals surface area contributed by atoms with Crippen LogP contribution in [-0.2, 0) is 20.0 Å². The standard InChI is InChI=1S/C14H19NO8/c1-21-12-11(17)10(7-16)23-14(18,13(12)22-2)8-3-5-9(6-4-8)15(19)20/h3-6,10-13,16-18H,7H2,1-2H3/t10-,11+,12+,13-,14-/m1/s1. The molecule has 1 saturated heterocycles. The number of ether oxygens (including phenoxy) is 3. The molecule has 9 nitrogen and oxygen atoms in total. The summed E-state index contributed by atoms with van der Waals surface area (Å²) in [5.41, 5.74) is 0.0338. The van der Waals surface area contributed by atoms with Crippen LogP contribution < -0.4 is 0 Å². The molecule has 0 spiro atoms. The monoisotopic (exact) mass is 329 g/mol. The van der Waals surface area contributed by atoms with E-state index in [-0.39, 0.29) is 11.3 Å². The van der Waals surface area contributed by atoms with Gasteiger partial charge in [-0.2, -0.15) is 0 Å². The molecule has 0 bridgehead atoms. The summed E-state index contributed by atoms with van der Waals surface area (Å²) in [6, 6.07) is 5.07.